The Hall–Kier alpha value is -1.26. The topological polar surface area (TPSA) is 67.4 Å². The molecule has 0 heterocycles. The summed E-state index contributed by atoms with van der Waals surface area (Å²) in [5.74, 6) is -0.394. The van der Waals surface area contributed by atoms with Crippen molar-refractivity contribution >= 4 is 12.0 Å². The minimum absolute atomic E-state index is 0.0939. The minimum atomic E-state index is -0.199. The van der Waals surface area contributed by atoms with E-state index in [0.717, 1.165) is 44.9 Å². The lowest BCUT2D eigenvalue weighted by atomic mass is 9.94. The lowest BCUT2D eigenvalue weighted by Crippen LogP contribution is -2.50. The first-order chi connectivity index (χ1) is 10.2. The van der Waals surface area contributed by atoms with Crippen LogP contribution in [0.5, 0.6) is 0 Å². The molecular formula is C16H28N2O3. The first-order valence-corrected chi connectivity index (χ1v) is 8.35. The molecule has 0 aromatic rings. The first-order valence-electron chi connectivity index (χ1n) is 8.35. The summed E-state index contributed by atoms with van der Waals surface area (Å²) < 4.78 is 4.90. The largest absolute Gasteiger partial charge is 0.469 e. The zero-order valence-electron chi connectivity index (χ0n) is 13.0. The summed E-state index contributed by atoms with van der Waals surface area (Å²) in [5, 5.41) is 6.08. The second kappa shape index (κ2) is 8.25. The van der Waals surface area contributed by atoms with Crippen molar-refractivity contribution in [3.8, 4) is 0 Å². The molecule has 2 aliphatic rings. The number of hydrogen-bond acceptors (Lipinski definition) is 3. The molecule has 21 heavy (non-hydrogen) atoms. The first kappa shape index (κ1) is 16.1. The van der Waals surface area contributed by atoms with Gasteiger partial charge in [0.25, 0.3) is 0 Å². The summed E-state index contributed by atoms with van der Waals surface area (Å²) in [6.45, 7) is 0. The predicted molar refractivity (Wildman–Crippen MR) is 80.9 cm³/mol. The molecule has 0 aromatic heterocycles. The Morgan fingerprint density at radius 3 is 2.14 bits per heavy atom. The maximum Gasteiger partial charge on any atom is 0.315 e. The highest BCUT2D eigenvalue weighted by Gasteiger charge is 2.31. The Bertz CT molecular complexity index is 353. The average Bonchev–Trinajstić information content (AvgIpc) is 2.73. The van der Waals surface area contributed by atoms with E-state index in [0.29, 0.717) is 6.04 Å². The van der Waals surface area contributed by atoms with Gasteiger partial charge in [-0.15, -0.1) is 0 Å². The SMILES string of the molecule is COC(=O)[C@@H]1CCCCC[C@H]1NC(=O)NC1CCCCC1. The molecule has 0 spiro atoms. The van der Waals surface area contributed by atoms with Crippen molar-refractivity contribution in [2.45, 2.75) is 76.3 Å². The van der Waals surface area contributed by atoms with Crippen molar-refractivity contribution in [1.82, 2.24) is 10.6 Å². The molecular weight excluding hydrogens is 268 g/mol. The molecule has 2 aliphatic carbocycles. The molecule has 2 fully saturated rings. The fourth-order valence-electron chi connectivity index (χ4n) is 3.56. The van der Waals surface area contributed by atoms with Crippen LogP contribution in [0, 0.1) is 5.92 Å². The summed E-state index contributed by atoms with van der Waals surface area (Å²) in [6.07, 6.45) is 10.7. The standard InChI is InChI=1S/C16H28N2O3/c1-21-15(19)13-10-6-3-7-11-14(13)18-16(20)17-12-8-4-2-5-9-12/h12-14H,2-11H2,1H3,(H2,17,18,20)/t13-,14-/m1/s1. The van der Waals surface area contributed by atoms with Gasteiger partial charge in [0.1, 0.15) is 0 Å². The lowest BCUT2D eigenvalue weighted by Gasteiger charge is -2.27. The number of ether oxygens (including phenoxy) is 1. The summed E-state index contributed by atoms with van der Waals surface area (Å²) in [4.78, 5) is 24.1. The predicted octanol–water partition coefficient (Wildman–Crippen LogP) is 2.74. The highest BCUT2D eigenvalue weighted by atomic mass is 16.5. The van der Waals surface area contributed by atoms with Gasteiger partial charge >= 0.3 is 12.0 Å². The van der Waals surface area contributed by atoms with Gasteiger partial charge < -0.3 is 15.4 Å². The molecule has 0 unspecified atom stereocenters. The molecule has 0 radical (unpaired) electrons. The van der Waals surface area contributed by atoms with Crippen LogP contribution in [0.4, 0.5) is 4.79 Å². The third-order valence-corrected chi connectivity index (χ3v) is 4.78. The zero-order chi connectivity index (χ0) is 15.1. The number of rotatable bonds is 3. The molecule has 120 valence electrons. The minimum Gasteiger partial charge on any atom is -0.469 e. The van der Waals surface area contributed by atoms with Crippen molar-refractivity contribution in [2.24, 2.45) is 5.92 Å². The molecule has 2 rings (SSSR count). The molecule has 5 heteroatoms. The van der Waals surface area contributed by atoms with Crippen LogP contribution in [0.25, 0.3) is 0 Å². The van der Waals surface area contributed by atoms with E-state index in [9.17, 15) is 9.59 Å². The average molecular weight is 296 g/mol. The number of amides is 2. The van der Waals surface area contributed by atoms with E-state index in [1.165, 1.54) is 26.4 Å². The molecule has 5 nitrogen and oxygen atoms in total. The number of carbonyl (C=O) groups excluding carboxylic acids is 2. The van der Waals surface area contributed by atoms with Crippen molar-refractivity contribution in [3.05, 3.63) is 0 Å². The smallest absolute Gasteiger partial charge is 0.315 e. The molecule has 2 saturated carbocycles. The molecule has 0 aromatic carbocycles. The summed E-state index contributed by atoms with van der Waals surface area (Å²) in [5.41, 5.74) is 0. The maximum absolute atomic E-state index is 12.2. The van der Waals surface area contributed by atoms with Gasteiger partial charge in [-0.1, -0.05) is 38.5 Å². The summed E-state index contributed by atoms with van der Waals surface area (Å²) >= 11 is 0. The third kappa shape index (κ3) is 4.90. The Morgan fingerprint density at radius 2 is 1.48 bits per heavy atom. The van der Waals surface area contributed by atoms with Crippen LogP contribution in [0.15, 0.2) is 0 Å². The second-order valence-corrected chi connectivity index (χ2v) is 6.33. The monoisotopic (exact) mass is 296 g/mol. The lowest BCUT2D eigenvalue weighted by molar-refractivity contribution is -0.146. The fraction of sp³-hybridized carbons (Fsp3) is 0.875. The molecule has 0 aliphatic heterocycles. The summed E-state index contributed by atoms with van der Waals surface area (Å²) in [7, 11) is 1.42. The van der Waals surface area contributed by atoms with Gasteiger partial charge in [-0.25, -0.2) is 4.79 Å². The van der Waals surface area contributed by atoms with Crippen LogP contribution in [-0.4, -0.2) is 31.2 Å². The number of carbonyl (C=O) groups is 2. The van der Waals surface area contributed by atoms with Gasteiger partial charge in [-0.3, -0.25) is 4.79 Å². The molecule has 2 amide bonds. The molecule has 2 atom stereocenters. The number of esters is 1. The van der Waals surface area contributed by atoms with Crippen LogP contribution in [-0.2, 0) is 9.53 Å². The number of urea groups is 1. The van der Waals surface area contributed by atoms with Crippen LogP contribution in [0.3, 0.4) is 0 Å². The van der Waals surface area contributed by atoms with E-state index < -0.39 is 0 Å². The van der Waals surface area contributed by atoms with Gasteiger partial charge in [-0.05, 0) is 25.7 Å². The van der Waals surface area contributed by atoms with Crippen molar-refractivity contribution in [3.63, 3.8) is 0 Å². The van der Waals surface area contributed by atoms with Gasteiger partial charge in [-0.2, -0.15) is 0 Å². The number of methoxy groups -OCH3 is 1. The van der Waals surface area contributed by atoms with Gasteiger partial charge in [0.2, 0.25) is 0 Å². The maximum atomic E-state index is 12.2. The van der Waals surface area contributed by atoms with E-state index in [4.69, 9.17) is 4.74 Å². The quantitative estimate of drug-likeness (QED) is 0.621. The molecule has 0 bridgehead atoms. The highest BCUT2D eigenvalue weighted by molar-refractivity contribution is 5.77. The Kier molecular flexibility index (Phi) is 6.33. The Balaban J connectivity index is 1.87. The normalized spacial score (nSPS) is 27.5. The van der Waals surface area contributed by atoms with E-state index in [-0.39, 0.29) is 24.0 Å². The van der Waals surface area contributed by atoms with Crippen LogP contribution in [0.1, 0.15) is 64.2 Å². The van der Waals surface area contributed by atoms with Gasteiger partial charge in [0.15, 0.2) is 0 Å². The van der Waals surface area contributed by atoms with Gasteiger partial charge in [0, 0.05) is 12.1 Å². The van der Waals surface area contributed by atoms with Crippen molar-refractivity contribution < 1.29 is 14.3 Å². The van der Waals surface area contributed by atoms with Gasteiger partial charge in [0.05, 0.1) is 13.0 Å². The Labute approximate surface area is 127 Å². The van der Waals surface area contributed by atoms with E-state index in [2.05, 4.69) is 10.6 Å². The zero-order valence-corrected chi connectivity index (χ0v) is 13.0. The third-order valence-electron chi connectivity index (χ3n) is 4.78. The van der Waals surface area contributed by atoms with Crippen LogP contribution in [0.2, 0.25) is 0 Å². The van der Waals surface area contributed by atoms with Crippen LogP contribution >= 0.6 is 0 Å². The van der Waals surface area contributed by atoms with Crippen molar-refractivity contribution in [1.29, 1.82) is 0 Å². The number of nitrogens with one attached hydrogen (secondary N) is 2. The molecule has 0 saturated heterocycles. The van der Waals surface area contributed by atoms with Crippen molar-refractivity contribution in [2.75, 3.05) is 7.11 Å². The van der Waals surface area contributed by atoms with E-state index in [1.807, 2.05) is 0 Å². The van der Waals surface area contributed by atoms with E-state index >= 15 is 0 Å². The Morgan fingerprint density at radius 1 is 0.857 bits per heavy atom. The fourth-order valence-corrected chi connectivity index (χ4v) is 3.56. The second-order valence-electron chi connectivity index (χ2n) is 6.33. The number of hydrogen-bond donors (Lipinski definition) is 2. The van der Waals surface area contributed by atoms with E-state index in [1.54, 1.807) is 0 Å². The summed E-state index contributed by atoms with van der Waals surface area (Å²) in [6, 6.07) is 0.0762. The van der Waals surface area contributed by atoms with Crippen LogP contribution < -0.4 is 10.6 Å². The molecule has 2 N–H and O–H groups in total. The highest BCUT2D eigenvalue weighted by Crippen LogP contribution is 2.25.